The van der Waals surface area contributed by atoms with E-state index >= 15 is 0 Å². The highest BCUT2D eigenvalue weighted by molar-refractivity contribution is 7.97. The lowest BCUT2D eigenvalue weighted by atomic mass is 10.1. The molecule has 0 radical (unpaired) electrons. The topological polar surface area (TPSA) is 66.5 Å². The number of para-hydroxylation sites is 1. The minimum absolute atomic E-state index is 0.139. The predicted molar refractivity (Wildman–Crippen MR) is 96.4 cm³/mol. The standard InChI is InChI=1S/C19H18N2O3S/c22-19(20-14-8-2-1-3-9-14)18-17(21-12-6-7-13-21)15-10-4-5-11-16(15)25(18,23)24/h1-5,8-11H,6-7,12-13H2,(H,20,22). The van der Waals surface area contributed by atoms with E-state index in [2.05, 4.69) is 5.32 Å². The van der Waals surface area contributed by atoms with Gasteiger partial charge in [0.2, 0.25) is 9.84 Å². The molecule has 6 heteroatoms. The Morgan fingerprint density at radius 1 is 0.920 bits per heavy atom. The van der Waals surface area contributed by atoms with Crippen molar-refractivity contribution < 1.29 is 13.2 Å². The Hall–Kier alpha value is -2.60. The summed E-state index contributed by atoms with van der Waals surface area (Å²) in [5.74, 6) is -0.579. The average molecular weight is 354 g/mol. The maximum Gasteiger partial charge on any atom is 0.269 e. The molecule has 128 valence electrons. The lowest BCUT2D eigenvalue weighted by Gasteiger charge is -2.20. The molecule has 2 aliphatic rings. The van der Waals surface area contributed by atoms with Crippen molar-refractivity contribution in [1.82, 2.24) is 4.90 Å². The molecule has 1 amide bonds. The van der Waals surface area contributed by atoms with E-state index in [-0.39, 0.29) is 9.80 Å². The van der Waals surface area contributed by atoms with Crippen LogP contribution >= 0.6 is 0 Å². The van der Waals surface area contributed by atoms with Gasteiger partial charge in [-0.25, -0.2) is 8.42 Å². The zero-order valence-corrected chi connectivity index (χ0v) is 14.4. The average Bonchev–Trinajstić information content (AvgIpc) is 3.21. The third-order valence-electron chi connectivity index (χ3n) is 4.58. The van der Waals surface area contributed by atoms with Crippen LogP contribution in [0.1, 0.15) is 18.4 Å². The SMILES string of the molecule is O=C(Nc1ccccc1)C1=C(N2CCCC2)c2ccccc2S1(=O)=O. The number of amides is 1. The number of anilines is 1. The molecular weight excluding hydrogens is 336 g/mol. The Labute approximate surface area is 146 Å². The van der Waals surface area contributed by atoms with Gasteiger partial charge in [0.05, 0.1) is 10.6 Å². The fraction of sp³-hybridized carbons (Fsp3) is 0.211. The molecule has 4 rings (SSSR count). The van der Waals surface area contributed by atoms with Crippen LogP contribution in [-0.4, -0.2) is 32.3 Å². The van der Waals surface area contributed by atoms with Gasteiger partial charge in [0.15, 0.2) is 4.91 Å². The molecule has 2 heterocycles. The van der Waals surface area contributed by atoms with E-state index in [1.54, 1.807) is 42.5 Å². The summed E-state index contributed by atoms with van der Waals surface area (Å²) in [6.07, 6.45) is 2.00. The Morgan fingerprint density at radius 3 is 2.28 bits per heavy atom. The molecule has 0 bridgehead atoms. The van der Waals surface area contributed by atoms with Gasteiger partial charge < -0.3 is 10.2 Å². The van der Waals surface area contributed by atoms with E-state index < -0.39 is 15.7 Å². The van der Waals surface area contributed by atoms with Crippen LogP contribution in [0.3, 0.4) is 0 Å². The molecule has 0 saturated carbocycles. The van der Waals surface area contributed by atoms with Crippen molar-refractivity contribution in [2.24, 2.45) is 0 Å². The van der Waals surface area contributed by atoms with Crippen LogP contribution in [-0.2, 0) is 14.6 Å². The number of nitrogens with one attached hydrogen (secondary N) is 1. The van der Waals surface area contributed by atoms with E-state index in [9.17, 15) is 13.2 Å². The zero-order chi connectivity index (χ0) is 17.4. The first-order valence-corrected chi connectivity index (χ1v) is 9.77. The van der Waals surface area contributed by atoms with Gasteiger partial charge >= 0.3 is 0 Å². The number of carbonyl (C=O) groups excluding carboxylic acids is 1. The zero-order valence-electron chi connectivity index (χ0n) is 13.6. The van der Waals surface area contributed by atoms with Crippen molar-refractivity contribution in [2.75, 3.05) is 18.4 Å². The summed E-state index contributed by atoms with van der Waals surface area (Å²) in [5.41, 5.74) is 1.75. The van der Waals surface area contributed by atoms with Gasteiger partial charge in [-0.1, -0.05) is 36.4 Å². The van der Waals surface area contributed by atoms with Crippen molar-refractivity contribution in [1.29, 1.82) is 0 Å². The molecule has 0 spiro atoms. The first-order valence-electron chi connectivity index (χ1n) is 8.29. The number of fused-ring (bicyclic) bond motifs is 1. The summed E-state index contributed by atoms with van der Waals surface area (Å²) in [4.78, 5) is 15.0. The number of nitrogens with zero attached hydrogens (tertiary/aromatic N) is 1. The molecular formula is C19H18N2O3S. The van der Waals surface area contributed by atoms with Crippen LogP contribution in [0, 0.1) is 0 Å². The molecule has 0 aliphatic carbocycles. The minimum Gasteiger partial charge on any atom is -0.370 e. The molecule has 2 aromatic rings. The fourth-order valence-corrected chi connectivity index (χ4v) is 5.17. The van der Waals surface area contributed by atoms with Gasteiger partial charge in [-0.05, 0) is 31.0 Å². The van der Waals surface area contributed by atoms with E-state index in [1.807, 2.05) is 17.0 Å². The van der Waals surface area contributed by atoms with Gasteiger partial charge in [-0.15, -0.1) is 0 Å². The van der Waals surface area contributed by atoms with E-state index in [0.29, 0.717) is 16.9 Å². The second kappa shape index (κ2) is 6.04. The Kier molecular flexibility index (Phi) is 3.84. The molecule has 1 saturated heterocycles. The molecule has 2 aliphatic heterocycles. The van der Waals surface area contributed by atoms with Gasteiger partial charge in [-0.2, -0.15) is 0 Å². The Bertz CT molecular complexity index is 959. The van der Waals surface area contributed by atoms with Crippen LogP contribution < -0.4 is 5.32 Å². The first-order chi connectivity index (χ1) is 12.1. The predicted octanol–water partition coefficient (Wildman–Crippen LogP) is 2.88. The van der Waals surface area contributed by atoms with Crippen molar-refractivity contribution in [2.45, 2.75) is 17.7 Å². The number of hydrogen-bond donors (Lipinski definition) is 1. The van der Waals surface area contributed by atoms with Crippen molar-refractivity contribution in [3.8, 4) is 0 Å². The fourth-order valence-electron chi connectivity index (χ4n) is 3.45. The molecule has 0 aromatic heterocycles. The van der Waals surface area contributed by atoms with E-state index in [1.165, 1.54) is 0 Å². The first kappa shape index (κ1) is 15.9. The Balaban J connectivity index is 1.84. The van der Waals surface area contributed by atoms with Crippen molar-refractivity contribution in [3.05, 3.63) is 65.1 Å². The summed E-state index contributed by atoms with van der Waals surface area (Å²) in [6.45, 7) is 1.53. The van der Waals surface area contributed by atoms with Crippen LogP contribution in [0.4, 0.5) is 5.69 Å². The van der Waals surface area contributed by atoms with Gasteiger partial charge in [0.25, 0.3) is 5.91 Å². The second-order valence-electron chi connectivity index (χ2n) is 6.19. The van der Waals surface area contributed by atoms with Crippen LogP contribution in [0.15, 0.2) is 64.4 Å². The molecule has 2 aromatic carbocycles. The maximum absolute atomic E-state index is 13.0. The number of hydrogen-bond acceptors (Lipinski definition) is 4. The van der Waals surface area contributed by atoms with Crippen molar-refractivity contribution >= 4 is 27.1 Å². The second-order valence-corrected chi connectivity index (χ2v) is 8.05. The van der Waals surface area contributed by atoms with Crippen molar-refractivity contribution in [3.63, 3.8) is 0 Å². The third kappa shape index (κ3) is 2.62. The van der Waals surface area contributed by atoms with Gasteiger partial charge in [0.1, 0.15) is 0 Å². The largest absolute Gasteiger partial charge is 0.370 e. The van der Waals surface area contributed by atoms with Crippen LogP contribution in [0.25, 0.3) is 5.70 Å². The lowest BCUT2D eigenvalue weighted by molar-refractivity contribution is -0.112. The number of benzene rings is 2. The number of rotatable bonds is 3. The van der Waals surface area contributed by atoms with Crippen LogP contribution in [0.5, 0.6) is 0 Å². The minimum atomic E-state index is -3.83. The molecule has 1 fully saturated rings. The number of sulfone groups is 1. The molecule has 25 heavy (non-hydrogen) atoms. The van der Waals surface area contributed by atoms with Gasteiger partial charge in [-0.3, -0.25) is 4.79 Å². The summed E-state index contributed by atoms with van der Waals surface area (Å²) in [7, 11) is -3.83. The Morgan fingerprint density at radius 2 is 1.56 bits per heavy atom. The molecule has 0 atom stereocenters. The molecule has 1 N–H and O–H groups in total. The third-order valence-corrected chi connectivity index (χ3v) is 6.43. The lowest BCUT2D eigenvalue weighted by Crippen LogP contribution is -2.24. The summed E-state index contributed by atoms with van der Waals surface area (Å²) < 4.78 is 26.1. The monoisotopic (exact) mass is 354 g/mol. The molecule has 5 nitrogen and oxygen atoms in total. The quantitative estimate of drug-likeness (QED) is 0.920. The highest BCUT2D eigenvalue weighted by atomic mass is 32.2. The molecule has 0 unspecified atom stereocenters. The highest BCUT2D eigenvalue weighted by Gasteiger charge is 2.42. The summed E-state index contributed by atoms with van der Waals surface area (Å²) in [6, 6.07) is 15.8. The normalized spacial score (nSPS) is 18.3. The van der Waals surface area contributed by atoms with E-state index in [0.717, 1.165) is 25.9 Å². The van der Waals surface area contributed by atoms with Gasteiger partial charge in [0, 0.05) is 24.3 Å². The summed E-state index contributed by atoms with van der Waals surface area (Å²) >= 11 is 0. The number of carbonyl (C=O) groups is 1. The van der Waals surface area contributed by atoms with Crippen LogP contribution in [0.2, 0.25) is 0 Å². The smallest absolute Gasteiger partial charge is 0.269 e. The summed E-state index contributed by atoms with van der Waals surface area (Å²) in [5, 5.41) is 2.73. The number of likely N-dealkylation sites (tertiary alicyclic amines) is 1. The maximum atomic E-state index is 13.0. The van der Waals surface area contributed by atoms with E-state index in [4.69, 9.17) is 0 Å². The highest BCUT2D eigenvalue weighted by Crippen LogP contribution is 2.42.